The van der Waals surface area contributed by atoms with Crippen LogP contribution in [0.2, 0.25) is 0 Å². The van der Waals surface area contributed by atoms with Crippen LogP contribution in [-0.4, -0.2) is 26.4 Å². The number of rotatable bonds is 4. The molecule has 3 rings (SSSR count). The molecule has 0 aromatic heterocycles. The van der Waals surface area contributed by atoms with Gasteiger partial charge >= 0.3 is 0 Å². The topological polar surface area (TPSA) is 46.6 Å². The van der Waals surface area contributed by atoms with Crippen molar-refractivity contribution < 1.29 is 17.5 Å². The molecular weight excluding hydrogens is 341 g/mol. The number of benzene rings is 2. The second-order valence-corrected chi connectivity index (χ2v) is 8.00. The zero-order valence-corrected chi connectivity index (χ0v) is 15.0. The van der Waals surface area contributed by atoms with Crippen molar-refractivity contribution in [2.45, 2.75) is 24.7 Å². The van der Waals surface area contributed by atoms with Crippen LogP contribution in [0.1, 0.15) is 24.0 Å². The summed E-state index contributed by atoms with van der Waals surface area (Å²) in [6.45, 7) is 2.35. The van der Waals surface area contributed by atoms with Crippen LogP contribution in [0.15, 0.2) is 59.3 Å². The van der Waals surface area contributed by atoms with E-state index in [4.69, 9.17) is 4.74 Å². The molecule has 4 nitrogen and oxygen atoms in total. The van der Waals surface area contributed by atoms with Crippen molar-refractivity contribution in [3.05, 3.63) is 71.4 Å². The van der Waals surface area contributed by atoms with Crippen molar-refractivity contribution in [3.8, 4) is 0 Å². The summed E-state index contributed by atoms with van der Waals surface area (Å²) in [6, 6.07) is 12.7. The van der Waals surface area contributed by atoms with Crippen molar-refractivity contribution >= 4 is 15.6 Å². The molecule has 132 valence electrons. The second-order valence-electron chi connectivity index (χ2n) is 6.03. The molecule has 0 atom stereocenters. The molecule has 0 fully saturated rings. The van der Waals surface area contributed by atoms with Gasteiger partial charge in [0.2, 0.25) is 5.88 Å². The Hall–Kier alpha value is -2.34. The fourth-order valence-corrected chi connectivity index (χ4v) is 3.97. The maximum absolute atomic E-state index is 13.2. The Labute approximate surface area is 147 Å². The van der Waals surface area contributed by atoms with E-state index in [-0.39, 0.29) is 10.7 Å². The molecule has 0 bridgehead atoms. The Balaban J connectivity index is 2.04. The number of ether oxygens (including phenoxy) is 1. The third kappa shape index (κ3) is 3.54. The van der Waals surface area contributed by atoms with Crippen molar-refractivity contribution in [2.24, 2.45) is 0 Å². The lowest BCUT2D eigenvalue weighted by molar-refractivity contribution is 0.150. The SMILES string of the molecule is Cc1ccc(S(=O)(=O)N(C)C2=C(c3ccc(F)cc3)CCCO2)cc1. The van der Waals surface area contributed by atoms with Gasteiger partial charge in [0, 0.05) is 12.6 Å². The van der Waals surface area contributed by atoms with Crippen LogP contribution in [0, 0.1) is 12.7 Å². The maximum atomic E-state index is 13.2. The zero-order chi connectivity index (χ0) is 18.0. The molecule has 1 aliphatic heterocycles. The predicted octanol–water partition coefficient (Wildman–Crippen LogP) is 3.93. The van der Waals surface area contributed by atoms with Crippen LogP contribution in [0.3, 0.4) is 0 Å². The van der Waals surface area contributed by atoms with Gasteiger partial charge in [0.25, 0.3) is 10.0 Å². The number of halogens is 1. The third-order valence-corrected chi connectivity index (χ3v) is 5.98. The van der Waals surface area contributed by atoms with Crippen LogP contribution in [0.5, 0.6) is 0 Å². The Morgan fingerprint density at radius 1 is 1.04 bits per heavy atom. The van der Waals surface area contributed by atoms with Gasteiger partial charge in [-0.3, -0.25) is 0 Å². The van der Waals surface area contributed by atoms with Gasteiger partial charge in [0.15, 0.2) is 0 Å². The number of hydrogen-bond acceptors (Lipinski definition) is 3. The standard InChI is InChI=1S/C19H20FNO3S/c1-14-5-11-17(12-6-14)25(22,23)21(2)19-18(4-3-13-24-19)15-7-9-16(20)10-8-15/h5-12H,3-4,13H2,1-2H3. The van der Waals surface area contributed by atoms with E-state index in [0.29, 0.717) is 18.9 Å². The smallest absolute Gasteiger partial charge is 0.266 e. The van der Waals surface area contributed by atoms with E-state index in [2.05, 4.69) is 0 Å². The van der Waals surface area contributed by atoms with E-state index in [0.717, 1.165) is 23.1 Å². The minimum Gasteiger partial charge on any atom is -0.478 e. The van der Waals surface area contributed by atoms with Crippen LogP contribution < -0.4 is 0 Å². The molecule has 0 aliphatic carbocycles. The molecule has 0 N–H and O–H groups in total. The van der Waals surface area contributed by atoms with Crippen molar-refractivity contribution in [2.75, 3.05) is 13.7 Å². The van der Waals surface area contributed by atoms with Crippen LogP contribution >= 0.6 is 0 Å². The Morgan fingerprint density at radius 3 is 2.32 bits per heavy atom. The molecule has 0 unspecified atom stereocenters. The van der Waals surface area contributed by atoms with Gasteiger partial charge in [-0.05, 0) is 49.6 Å². The van der Waals surface area contributed by atoms with Crippen LogP contribution in [0.25, 0.3) is 5.57 Å². The summed E-state index contributed by atoms with van der Waals surface area (Å²) >= 11 is 0. The molecule has 1 aliphatic rings. The van der Waals surface area contributed by atoms with Crippen molar-refractivity contribution in [3.63, 3.8) is 0 Å². The largest absolute Gasteiger partial charge is 0.478 e. The summed E-state index contributed by atoms with van der Waals surface area (Å²) in [6.07, 6.45) is 1.46. The van der Waals surface area contributed by atoms with Gasteiger partial charge < -0.3 is 4.74 Å². The van der Waals surface area contributed by atoms with E-state index in [1.807, 2.05) is 6.92 Å². The molecule has 0 saturated heterocycles. The minimum atomic E-state index is -3.73. The Morgan fingerprint density at radius 2 is 1.68 bits per heavy atom. The lowest BCUT2D eigenvalue weighted by atomic mass is 10.0. The fourth-order valence-electron chi connectivity index (χ4n) is 2.79. The zero-order valence-electron chi connectivity index (χ0n) is 14.2. The molecule has 1 heterocycles. The summed E-state index contributed by atoms with van der Waals surface area (Å²) in [5.74, 6) is -0.0262. The molecular formula is C19H20FNO3S. The summed E-state index contributed by atoms with van der Waals surface area (Å²) in [5.41, 5.74) is 2.52. The maximum Gasteiger partial charge on any atom is 0.266 e. The van der Waals surface area contributed by atoms with E-state index < -0.39 is 10.0 Å². The highest BCUT2D eigenvalue weighted by Gasteiger charge is 2.28. The number of hydrogen-bond donors (Lipinski definition) is 0. The average molecular weight is 361 g/mol. The van der Waals surface area contributed by atoms with Gasteiger partial charge in [-0.1, -0.05) is 29.8 Å². The molecule has 0 spiro atoms. The summed E-state index contributed by atoms with van der Waals surface area (Å²) in [7, 11) is -2.24. The molecule has 6 heteroatoms. The fraction of sp³-hybridized carbons (Fsp3) is 0.263. The molecule has 2 aromatic rings. The van der Waals surface area contributed by atoms with E-state index in [9.17, 15) is 12.8 Å². The summed E-state index contributed by atoms with van der Waals surface area (Å²) < 4.78 is 45.9. The quantitative estimate of drug-likeness (QED) is 0.829. The third-order valence-electron chi connectivity index (χ3n) is 4.23. The van der Waals surface area contributed by atoms with Gasteiger partial charge in [0.05, 0.1) is 11.5 Å². The highest BCUT2D eigenvalue weighted by Crippen LogP contribution is 2.32. The van der Waals surface area contributed by atoms with E-state index in [1.165, 1.54) is 23.5 Å². The number of sulfonamides is 1. The van der Waals surface area contributed by atoms with E-state index >= 15 is 0 Å². The van der Waals surface area contributed by atoms with Crippen molar-refractivity contribution in [1.82, 2.24) is 4.31 Å². The summed E-state index contributed by atoms with van der Waals surface area (Å²) in [5, 5.41) is 0. The first kappa shape index (κ1) is 17.5. The van der Waals surface area contributed by atoms with Crippen LogP contribution in [-0.2, 0) is 14.8 Å². The number of nitrogens with zero attached hydrogens (tertiary/aromatic N) is 1. The normalized spacial score (nSPS) is 15.0. The summed E-state index contributed by atoms with van der Waals surface area (Å²) in [4.78, 5) is 0.209. The minimum absolute atomic E-state index is 0.209. The Kier molecular flexibility index (Phi) is 4.81. The highest BCUT2D eigenvalue weighted by molar-refractivity contribution is 7.89. The van der Waals surface area contributed by atoms with Gasteiger partial charge in [-0.25, -0.2) is 17.1 Å². The van der Waals surface area contributed by atoms with E-state index in [1.54, 1.807) is 36.4 Å². The number of allylic oxidation sites excluding steroid dienone is 1. The van der Waals surface area contributed by atoms with Crippen molar-refractivity contribution in [1.29, 1.82) is 0 Å². The average Bonchev–Trinajstić information content (AvgIpc) is 2.62. The first-order valence-electron chi connectivity index (χ1n) is 8.07. The lowest BCUT2D eigenvalue weighted by Crippen LogP contribution is -2.30. The van der Waals surface area contributed by atoms with Gasteiger partial charge in [-0.2, -0.15) is 0 Å². The lowest BCUT2D eigenvalue weighted by Gasteiger charge is -2.28. The molecule has 0 saturated carbocycles. The second kappa shape index (κ2) is 6.88. The molecule has 0 amide bonds. The highest BCUT2D eigenvalue weighted by atomic mass is 32.2. The first-order chi connectivity index (χ1) is 11.9. The number of aryl methyl sites for hydroxylation is 1. The van der Waals surface area contributed by atoms with Crippen LogP contribution in [0.4, 0.5) is 4.39 Å². The molecule has 0 radical (unpaired) electrons. The molecule has 25 heavy (non-hydrogen) atoms. The van der Waals surface area contributed by atoms with Gasteiger partial charge in [0.1, 0.15) is 5.82 Å². The first-order valence-corrected chi connectivity index (χ1v) is 9.51. The Bertz CT molecular complexity index is 887. The predicted molar refractivity (Wildman–Crippen MR) is 94.6 cm³/mol. The molecule has 2 aromatic carbocycles. The van der Waals surface area contributed by atoms with Gasteiger partial charge in [-0.15, -0.1) is 0 Å². The monoisotopic (exact) mass is 361 g/mol.